The Labute approximate surface area is 281 Å². The smallest absolute Gasteiger partial charge is 0.222 e. The first-order valence-corrected chi connectivity index (χ1v) is 19.7. The Hall–Kier alpha value is -1.77. The highest BCUT2D eigenvalue weighted by Crippen LogP contribution is 2.14. The SMILES string of the molecule is CCCCCCCCCCCCCCCCCCNC(=O)CCSCCN(CCN(CCNC(=O)CC)C(=O)CC)C(=O)CC. The third-order valence-corrected chi connectivity index (χ3v) is 9.27. The van der Waals surface area contributed by atoms with E-state index in [1.165, 1.54) is 96.3 Å². The summed E-state index contributed by atoms with van der Waals surface area (Å²) in [5.74, 6) is 1.64. The summed E-state index contributed by atoms with van der Waals surface area (Å²) >= 11 is 1.69. The Bertz CT molecular complexity index is 753. The number of nitrogens with zero attached hydrogens (tertiary/aromatic N) is 2. The van der Waals surface area contributed by atoms with Crippen molar-refractivity contribution in [2.24, 2.45) is 0 Å². The van der Waals surface area contributed by atoms with Crippen molar-refractivity contribution < 1.29 is 19.2 Å². The first-order valence-electron chi connectivity index (χ1n) is 18.6. The molecule has 0 radical (unpaired) electrons. The van der Waals surface area contributed by atoms with Gasteiger partial charge in [-0.1, -0.05) is 124 Å². The molecule has 9 heteroatoms. The van der Waals surface area contributed by atoms with Crippen molar-refractivity contribution in [1.29, 1.82) is 0 Å². The van der Waals surface area contributed by atoms with Crippen LogP contribution in [0, 0.1) is 0 Å². The van der Waals surface area contributed by atoms with Crippen LogP contribution < -0.4 is 10.6 Å². The van der Waals surface area contributed by atoms with Crippen LogP contribution in [0.3, 0.4) is 0 Å². The molecular weight excluding hydrogens is 584 g/mol. The monoisotopic (exact) mass is 655 g/mol. The lowest BCUT2D eigenvalue weighted by molar-refractivity contribution is -0.134. The van der Waals surface area contributed by atoms with E-state index >= 15 is 0 Å². The third-order valence-electron chi connectivity index (χ3n) is 8.31. The highest BCUT2D eigenvalue weighted by Gasteiger charge is 2.16. The minimum Gasteiger partial charge on any atom is -0.356 e. The molecule has 0 aromatic rings. The van der Waals surface area contributed by atoms with E-state index in [0.29, 0.717) is 58.4 Å². The maximum atomic E-state index is 12.5. The molecule has 0 aromatic heterocycles. The van der Waals surface area contributed by atoms with Gasteiger partial charge in [-0.15, -0.1) is 0 Å². The van der Waals surface area contributed by atoms with Crippen LogP contribution in [0.25, 0.3) is 0 Å². The molecule has 264 valence electrons. The van der Waals surface area contributed by atoms with Gasteiger partial charge in [0.1, 0.15) is 0 Å². The van der Waals surface area contributed by atoms with Crippen molar-refractivity contribution in [3.63, 3.8) is 0 Å². The van der Waals surface area contributed by atoms with Crippen molar-refractivity contribution in [3.05, 3.63) is 0 Å². The molecular formula is C36H70N4O4S. The molecule has 0 aliphatic rings. The largest absolute Gasteiger partial charge is 0.356 e. The molecule has 0 saturated carbocycles. The van der Waals surface area contributed by atoms with E-state index in [0.717, 1.165) is 24.5 Å². The van der Waals surface area contributed by atoms with Crippen LogP contribution >= 0.6 is 11.8 Å². The Morgan fingerprint density at radius 1 is 0.467 bits per heavy atom. The topological polar surface area (TPSA) is 98.8 Å². The van der Waals surface area contributed by atoms with Gasteiger partial charge in [0.15, 0.2) is 0 Å². The minimum atomic E-state index is -0.0346. The summed E-state index contributed by atoms with van der Waals surface area (Å²) < 4.78 is 0. The molecule has 0 heterocycles. The summed E-state index contributed by atoms with van der Waals surface area (Å²) in [6.45, 7) is 10.9. The zero-order chi connectivity index (χ0) is 33.4. The second-order valence-corrected chi connectivity index (χ2v) is 13.4. The molecule has 0 rings (SSSR count). The zero-order valence-electron chi connectivity index (χ0n) is 29.7. The number of nitrogens with one attached hydrogen (secondary N) is 2. The van der Waals surface area contributed by atoms with Crippen LogP contribution in [0.5, 0.6) is 0 Å². The number of carbonyl (C=O) groups is 4. The number of hydrogen-bond acceptors (Lipinski definition) is 5. The molecule has 2 N–H and O–H groups in total. The molecule has 0 fully saturated rings. The number of amides is 4. The van der Waals surface area contributed by atoms with Gasteiger partial charge in [0, 0.05) is 76.5 Å². The van der Waals surface area contributed by atoms with E-state index in [2.05, 4.69) is 17.6 Å². The van der Waals surface area contributed by atoms with Gasteiger partial charge in [-0.3, -0.25) is 19.2 Å². The Kier molecular flexibility index (Phi) is 30.9. The highest BCUT2D eigenvalue weighted by molar-refractivity contribution is 7.99. The van der Waals surface area contributed by atoms with Crippen molar-refractivity contribution in [1.82, 2.24) is 20.4 Å². The normalized spacial score (nSPS) is 10.9. The van der Waals surface area contributed by atoms with Crippen LogP contribution in [0.2, 0.25) is 0 Å². The lowest BCUT2D eigenvalue weighted by atomic mass is 10.0. The lowest BCUT2D eigenvalue weighted by Crippen LogP contribution is -2.44. The zero-order valence-corrected chi connectivity index (χ0v) is 30.6. The fourth-order valence-electron chi connectivity index (χ4n) is 5.30. The van der Waals surface area contributed by atoms with E-state index in [1.54, 1.807) is 23.6 Å². The molecule has 0 unspecified atom stereocenters. The van der Waals surface area contributed by atoms with Crippen molar-refractivity contribution in [2.45, 2.75) is 156 Å². The van der Waals surface area contributed by atoms with Crippen molar-refractivity contribution in [2.75, 3.05) is 50.8 Å². The summed E-state index contributed by atoms with van der Waals surface area (Å²) in [6.07, 6.45) is 23.3. The summed E-state index contributed by atoms with van der Waals surface area (Å²) in [4.78, 5) is 52.2. The molecule has 0 aliphatic heterocycles. The third kappa shape index (κ3) is 27.1. The number of carbonyl (C=O) groups excluding carboxylic acids is 4. The van der Waals surface area contributed by atoms with Gasteiger partial charge in [0.05, 0.1) is 0 Å². The van der Waals surface area contributed by atoms with Crippen molar-refractivity contribution >= 4 is 35.4 Å². The van der Waals surface area contributed by atoms with Gasteiger partial charge in [-0.2, -0.15) is 11.8 Å². The standard InChI is InChI=1S/C36H70N4O4S/c1-5-9-10-11-12-13-14-15-16-17-18-19-20-21-22-23-25-37-34(42)24-31-45-32-30-40(36(44)8-4)29-28-39(35(43)7-3)27-26-38-33(41)6-2/h5-32H2,1-4H3,(H,37,42)(H,38,41). The quantitative estimate of drug-likeness (QED) is 0.0733. The molecule has 0 aromatic carbocycles. The fourth-order valence-corrected chi connectivity index (χ4v) is 6.18. The molecule has 8 nitrogen and oxygen atoms in total. The number of thioether (sulfide) groups is 1. The van der Waals surface area contributed by atoms with Gasteiger partial charge in [-0.25, -0.2) is 0 Å². The number of rotatable bonds is 32. The van der Waals surface area contributed by atoms with E-state index in [1.807, 2.05) is 18.7 Å². The van der Waals surface area contributed by atoms with E-state index in [-0.39, 0.29) is 23.6 Å². The molecule has 45 heavy (non-hydrogen) atoms. The van der Waals surface area contributed by atoms with Gasteiger partial charge >= 0.3 is 0 Å². The average Bonchev–Trinajstić information content (AvgIpc) is 3.05. The van der Waals surface area contributed by atoms with E-state index < -0.39 is 0 Å². The van der Waals surface area contributed by atoms with Gasteiger partial charge in [-0.05, 0) is 6.42 Å². The first-order chi connectivity index (χ1) is 21.9. The average molecular weight is 655 g/mol. The molecule has 0 atom stereocenters. The molecule has 0 spiro atoms. The predicted molar refractivity (Wildman–Crippen MR) is 192 cm³/mol. The lowest BCUT2D eigenvalue weighted by Gasteiger charge is -2.28. The van der Waals surface area contributed by atoms with E-state index in [4.69, 9.17) is 0 Å². The second kappa shape index (κ2) is 32.2. The van der Waals surface area contributed by atoms with Crippen LogP contribution in [0.4, 0.5) is 0 Å². The van der Waals surface area contributed by atoms with Crippen LogP contribution in [0.1, 0.15) is 156 Å². The van der Waals surface area contributed by atoms with Gasteiger partial charge in [0.25, 0.3) is 0 Å². The minimum absolute atomic E-state index is 0.0182. The Morgan fingerprint density at radius 2 is 0.911 bits per heavy atom. The Balaban J connectivity index is 3.86. The van der Waals surface area contributed by atoms with Crippen molar-refractivity contribution in [3.8, 4) is 0 Å². The van der Waals surface area contributed by atoms with Gasteiger partial charge < -0.3 is 20.4 Å². The van der Waals surface area contributed by atoms with Crippen LogP contribution in [0.15, 0.2) is 0 Å². The van der Waals surface area contributed by atoms with Crippen LogP contribution in [-0.4, -0.2) is 84.2 Å². The molecule has 4 amide bonds. The fraction of sp³-hybridized carbons (Fsp3) is 0.889. The molecule has 0 bridgehead atoms. The first kappa shape index (κ1) is 43.2. The van der Waals surface area contributed by atoms with Gasteiger partial charge in [0.2, 0.25) is 23.6 Å². The maximum absolute atomic E-state index is 12.5. The predicted octanol–water partition coefficient (Wildman–Crippen LogP) is 7.49. The maximum Gasteiger partial charge on any atom is 0.222 e. The van der Waals surface area contributed by atoms with Crippen LogP contribution in [-0.2, 0) is 19.2 Å². The summed E-state index contributed by atoms with van der Waals surface area (Å²) in [7, 11) is 0. The summed E-state index contributed by atoms with van der Waals surface area (Å²) in [6, 6.07) is 0. The Morgan fingerprint density at radius 3 is 1.38 bits per heavy atom. The number of unbranched alkanes of at least 4 members (excludes halogenated alkanes) is 15. The summed E-state index contributed by atoms with van der Waals surface area (Å²) in [5, 5.41) is 5.87. The van der Waals surface area contributed by atoms with E-state index in [9.17, 15) is 19.2 Å². The molecule has 0 saturated heterocycles. The highest BCUT2D eigenvalue weighted by atomic mass is 32.2. The second-order valence-electron chi connectivity index (χ2n) is 12.2. The summed E-state index contributed by atoms with van der Waals surface area (Å²) in [5.41, 5.74) is 0. The number of hydrogen-bond donors (Lipinski definition) is 2. The molecule has 0 aliphatic carbocycles.